The normalized spacial score (nSPS) is 15.5. The molecule has 5 nitrogen and oxygen atoms in total. The highest BCUT2D eigenvalue weighted by atomic mass is 32.2. The maximum absolute atomic E-state index is 14.2. The molecule has 2 heterocycles. The van der Waals surface area contributed by atoms with Crippen molar-refractivity contribution in [2.24, 2.45) is 0 Å². The van der Waals surface area contributed by atoms with Crippen LogP contribution in [-0.4, -0.2) is 24.0 Å². The standard InChI is InChI=1S/C17H13FN2O3S/c18-14-8-4-5-9-15(14)20-17-13(10-11-24(21,22)23-17)16(19-20)12-6-2-1-3-7-12/h1-9H,10-11H2. The fourth-order valence-corrected chi connectivity index (χ4v) is 3.70. The van der Waals surface area contributed by atoms with E-state index in [0.717, 1.165) is 5.56 Å². The summed E-state index contributed by atoms with van der Waals surface area (Å²) in [6.45, 7) is 0. The van der Waals surface area contributed by atoms with Gasteiger partial charge in [0.25, 0.3) is 0 Å². The summed E-state index contributed by atoms with van der Waals surface area (Å²) >= 11 is 0. The minimum Gasteiger partial charge on any atom is -0.361 e. The molecule has 0 N–H and O–H groups in total. The maximum Gasteiger partial charge on any atom is 0.311 e. The van der Waals surface area contributed by atoms with Crippen LogP contribution in [0, 0.1) is 5.82 Å². The van der Waals surface area contributed by atoms with Crippen molar-refractivity contribution in [1.29, 1.82) is 0 Å². The lowest BCUT2D eigenvalue weighted by Gasteiger charge is -2.15. The molecular weight excluding hydrogens is 331 g/mol. The molecule has 1 aliphatic heterocycles. The summed E-state index contributed by atoms with van der Waals surface area (Å²) in [7, 11) is -3.69. The predicted molar refractivity (Wildman–Crippen MR) is 87.1 cm³/mol. The van der Waals surface area contributed by atoms with Crippen molar-refractivity contribution in [2.45, 2.75) is 6.42 Å². The molecule has 0 saturated carbocycles. The molecule has 0 fully saturated rings. The molecular formula is C17H13FN2O3S. The van der Waals surface area contributed by atoms with Crippen LogP contribution in [0.3, 0.4) is 0 Å². The number of para-hydroxylation sites is 1. The highest BCUT2D eigenvalue weighted by Crippen LogP contribution is 2.37. The number of hydrogen-bond donors (Lipinski definition) is 0. The van der Waals surface area contributed by atoms with Crippen LogP contribution < -0.4 is 4.18 Å². The Morgan fingerprint density at radius 1 is 1.04 bits per heavy atom. The fourth-order valence-electron chi connectivity index (χ4n) is 2.75. The van der Waals surface area contributed by atoms with Crippen LogP contribution >= 0.6 is 0 Å². The van der Waals surface area contributed by atoms with Crippen LogP contribution in [0.4, 0.5) is 4.39 Å². The van der Waals surface area contributed by atoms with E-state index >= 15 is 0 Å². The van der Waals surface area contributed by atoms with Crippen LogP contribution in [0.25, 0.3) is 16.9 Å². The molecule has 122 valence electrons. The molecule has 1 aliphatic rings. The third kappa shape index (κ3) is 2.46. The second kappa shape index (κ2) is 5.45. The van der Waals surface area contributed by atoms with Gasteiger partial charge in [0.15, 0.2) is 0 Å². The average molecular weight is 344 g/mol. The Labute approximate surface area is 138 Å². The minimum absolute atomic E-state index is 0.0604. The Balaban J connectivity index is 1.98. The van der Waals surface area contributed by atoms with Gasteiger partial charge in [0.05, 0.1) is 11.4 Å². The highest BCUT2D eigenvalue weighted by Gasteiger charge is 2.31. The second-order valence-corrected chi connectivity index (χ2v) is 7.15. The Kier molecular flexibility index (Phi) is 3.38. The van der Waals surface area contributed by atoms with Crippen LogP contribution in [-0.2, 0) is 16.5 Å². The van der Waals surface area contributed by atoms with Gasteiger partial charge in [0, 0.05) is 11.1 Å². The summed E-state index contributed by atoms with van der Waals surface area (Å²) in [6.07, 6.45) is 0.274. The smallest absolute Gasteiger partial charge is 0.311 e. The van der Waals surface area contributed by atoms with Gasteiger partial charge in [-0.2, -0.15) is 18.2 Å². The zero-order valence-electron chi connectivity index (χ0n) is 12.5. The molecule has 0 amide bonds. The molecule has 0 spiro atoms. The summed E-state index contributed by atoms with van der Waals surface area (Å²) < 4.78 is 44.3. The van der Waals surface area contributed by atoms with E-state index in [2.05, 4.69) is 5.10 Å². The summed E-state index contributed by atoms with van der Waals surface area (Å²) in [5.41, 5.74) is 2.24. The molecule has 7 heteroatoms. The summed E-state index contributed by atoms with van der Waals surface area (Å²) in [5.74, 6) is -0.567. The number of nitrogens with zero attached hydrogens (tertiary/aromatic N) is 2. The number of aromatic nitrogens is 2. The predicted octanol–water partition coefficient (Wildman–Crippen LogP) is 2.94. The summed E-state index contributed by atoms with van der Waals surface area (Å²) in [4.78, 5) is 0. The van der Waals surface area contributed by atoms with Crippen molar-refractivity contribution < 1.29 is 17.0 Å². The van der Waals surface area contributed by atoms with Gasteiger partial charge in [-0.25, -0.2) is 4.39 Å². The largest absolute Gasteiger partial charge is 0.361 e. The van der Waals surface area contributed by atoms with Crippen LogP contribution in [0.2, 0.25) is 0 Å². The first-order chi connectivity index (χ1) is 11.6. The number of fused-ring (bicyclic) bond motifs is 1. The summed E-state index contributed by atoms with van der Waals surface area (Å²) in [5, 5.41) is 4.45. The molecule has 0 atom stereocenters. The van der Waals surface area contributed by atoms with E-state index in [-0.39, 0.29) is 23.7 Å². The van der Waals surface area contributed by atoms with E-state index in [4.69, 9.17) is 4.18 Å². The number of benzene rings is 2. The van der Waals surface area contributed by atoms with E-state index in [9.17, 15) is 12.8 Å². The SMILES string of the molecule is O=S1(=O)CCc2c(-c3ccccc3)nn(-c3ccccc3F)c2O1. The topological polar surface area (TPSA) is 61.2 Å². The van der Waals surface area contributed by atoms with Gasteiger partial charge in [-0.05, 0) is 18.6 Å². The van der Waals surface area contributed by atoms with Gasteiger partial charge in [-0.1, -0.05) is 42.5 Å². The summed E-state index contributed by atoms with van der Waals surface area (Å²) in [6, 6.07) is 15.4. The van der Waals surface area contributed by atoms with E-state index in [1.165, 1.54) is 16.8 Å². The second-order valence-electron chi connectivity index (χ2n) is 5.46. The van der Waals surface area contributed by atoms with Crippen LogP contribution in [0.15, 0.2) is 54.6 Å². The van der Waals surface area contributed by atoms with Crippen molar-refractivity contribution in [1.82, 2.24) is 9.78 Å². The molecule has 0 bridgehead atoms. The van der Waals surface area contributed by atoms with Crippen molar-refractivity contribution in [3.63, 3.8) is 0 Å². The lowest BCUT2D eigenvalue weighted by molar-refractivity contribution is 0.450. The molecule has 0 aliphatic carbocycles. The maximum atomic E-state index is 14.2. The number of hydrogen-bond acceptors (Lipinski definition) is 4. The van der Waals surface area contributed by atoms with Crippen molar-refractivity contribution >= 4 is 10.1 Å². The monoisotopic (exact) mass is 344 g/mol. The first-order valence-electron chi connectivity index (χ1n) is 7.39. The third-order valence-corrected chi connectivity index (χ3v) is 4.99. The van der Waals surface area contributed by atoms with Gasteiger partial charge in [0.1, 0.15) is 11.5 Å². The zero-order chi connectivity index (χ0) is 16.7. The number of halogens is 1. The molecule has 24 heavy (non-hydrogen) atoms. The fraction of sp³-hybridized carbons (Fsp3) is 0.118. The Hall–Kier alpha value is -2.67. The van der Waals surface area contributed by atoms with Crippen LogP contribution in [0.1, 0.15) is 5.56 Å². The lowest BCUT2D eigenvalue weighted by atomic mass is 10.1. The third-order valence-electron chi connectivity index (χ3n) is 3.87. The van der Waals surface area contributed by atoms with E-state index in [1.807, 2.05) is 30.3 Å². The quantitative estimate of drug-likeness (QED) is 0.671. The van der Waals surface area contributed by atoms with E-state index < -0.39 is 15.9 Å². The molecule has 4 rings (SSSR count). The van der Waals surface area contributed by atoms with Crippen molar-refractivity contribution in [3.8, 4) is 22.8 Å². The molecule has 1 aromatic heterocycles. The molecule has 0 unspecified atom stereocenters. The lowest BCUT2D eigenvalue weighted by Crippen LogP contribution is -2.22. The van der Waals surface area contributed by atoms with Crippen molar-refractivity contribution in [3.05, 3.63) is 66.0 Å². The van der Waals surface area contributed by atoms with Crippen molar-refractivity contribution in [2.75, 3.05) is 5.75 Å². The average Bonchev–Trinajstić information content (AvgIpc) is 2.93. The number of rotatable bonds is 2. The first-order valence-corrected chi connectivity index (χ1v) is 8.97. The Bertz CT molecular complexity index is 1010. The van der Waals surface area contributed by atoms with E-state index in [1.54, 1.807) is 12.1 Å². The highest BCUT2D eigenvalue weighted by molar-refractivity contribution is 7.87. The Morgan fingerprint density at radius 2 is 1.75 bits per heavy atom. The van der Waals surface area contributed by atoms with E-state index in [0.29, 0.717) is 11.3 Å². The molecule has 0 radical (unpaired) electrons. The van der Waals surface area contributed by atoms with Gasteiger partial charge in [0.2, 0.25) is 5.88 Å². The zero-order valence-corrected chi connectivity index (χ0v) is 13.3. The minimum atomic E-state index is -3.69. The molecule has 2 aromatic carbocycles. The van der Waals surface area contributed by atoms with Gasteiger partial charge >= 0.3 is 10.1 Å². The molecule has 0 saturated heterocycles. The van der Waals surface area contributed by atoms with Gasteiger partial charge < -0.3 is 4.18 Å². The Morgan fingerprint density at radius 3 is 2.50 bits per heavy atom. The first kappa shape index (κ1) is 14.9. The van der Waals surface area contributed by atoms with Gasteiger partial charge in [-0.15, -0.1) is 0 Å². The van der Waals surface area contributed by atoms with Gasteiger partial charge in [-0.3, -0.25) is 0 Å². The molecule has 3 aromatic rings. The van der Waals surface area contributed by atoms with Crippen LogP contribution in [0.5, 0.6) is 5.88 Å².